The number of rotatable bonds is 3. The highest BCUT2D eigenvalue weighted by Gasteiger charge is 2.33. The van der Waals surface area contributed by atoms with Gasteiger partial charge in [-0.05, 0) is 67.3 Å². The van der Waals surface area contributed by atoms with Crippen molar-refractivity contribution in [2.45, 2.75) is 36.1 Å². The molecule has 1 aliphatic rings. The third-order valence-corrected chi connectivity index (χ3v) is 7.96. The molecule has 0 saturated carbocycles. The van der Waals surface area contributed by atoms with Crippen molar-refractivity contribution in [3.63, 3.8) is 0 Å². The van der Waals surface area contributed by atoms with E-state index in [9.17, 15) is 16.8 Å². The molecule has 0 unspecified atom stereocenters. The molecule has 3 rings (SSSR count). The van der Waals surface area contributed by atoms with Crippen LogP contribution >= 0.6 is 11.6 Å². The summed E-state index contributed by atoms with van der Waals surface area (Å²) in [5.41, 5.74) is 2.27. The van der Waals surface area contributed by atoms with Crippen LogP contribution in [0.25, 0.3) is 0 Å². The maximum atomic E-state index is 12.7. The molecule has 134 valence electrons. The molecule has 0 aliphatic carbocycles. The Balaban J connectivity index is 2.01. The average molecular weight is 400 g/mol. The average Bonchev–Trinajstić information content (AvgIpc) is 2.52. The van der Waals surface area contributed by atoms with E-state index in [-0.39, 0.29) is 22.0 Å². The lowest BCUT2D eigenvalue weighted by Gasteiger charge is -2.26. The van der Waals surface area contributed by atoms with Gasteiger partial charge in [0, 0.05) is 11.1 Å². The third-order valence-electron chi connectivity index (χ3n) is 4.44. The molecule has 5 nitrogen and oxygen atoms in total. The number of benzene rings is 2. The van der Waals surface area contributed by atoms with Crippen molar-refractivity contribution >= 4 is 31.5 Å². The molecule has 8 heteroatoms. The van der Waals surface area contributed by atoms with Crippen molar-refractivity contribution in [3.05, 3.63) is 58.1 Å². The summed E-state index contributed by atoms with van der Waals surface area (Å²) in [5, 5.41) is 0.367. The van der Waals surface area contributed by atoms with Gasteiger partial charge < -0.3 is 0 Å². The fraction of sp³-hybridized carbons (Fsp3) is 0.294. The topological polar surface area (TPSA) is 80.3 Å². The zero-order chi connectivity index (χ0) is 18.4. The van der Waals surface area contributed by atoms with Crippen LogP contribution in [-0.2, 0) is 19.9 Å². The van der Waals surface area contributed by atoms with Crippen molar-refractivity contribution in [2.24, 2.45) is 0 Å². The van der Waals surface area contributed by atoms with Crippen LogP contribution in [0.4, 0.5) is 0 Å². The fourth-order valence-corrected chi connectivity index (χ4v) is 5.99. The first kappa shape index (κ1) is 18.4. The summed E-state index contributed by atoms with van der Waals surface area (Å²) in [6.07, 6.45) is 0.166. The van der Waals surface area contributed by atoms with Gasteiger partial charge in [0.25, 0.3) is 0 Å². The van der Waals surface area contributed by atoms with E-state index in [1.807, 2.05) is 13.8 Å². The summed E-state index contributed by atoms with van der Waals surface area (Å²) in [6, 6.07) is 8.71. The fourth-order valence-electron chi connectivity index (χ4n) is 2.87. The van der Waals surface area contributed by atoms with Gasteiger partial charge in [-0.25, -0.2) is 21.6 Å². The monoisotopic (exact) mass is 399 g/mol. The van der Waals surface area contributed by atoms with E-state index in [1.165, 1.54) is 18.2 Å². The van der Waals surface area contributed by atoms with Crippen LogP contribution < -0.4 is 4.72 Å². The summed E-state index contributed by atoms with van der Waals surface area (Å²) in [7, 11) is -7.20. The van der Waals surface area contributed by atoms with E-state index in [0.29, 0.717) is 10.6 Å². The van der Waals surface area contributed by atoms with Crippen LogP contribution in [0.3, 0.4) is 0 Å². The van der Waals surface area contributed by atoms with Gasteiger partial charge in [-0.15, -0.1) is 0 Å². The number of fused-ring (bicyclic) bond motifs is 1. The minimum absolute atomic E-state index is 0.109. The second kappa shape index (κ2) is 6.39. The summed E-state index contributed by atoms with van der Waals surface area (Å²) >= 11 is 5.99. The minimum Gasteiger partial charge on any atom is -0.224 e. The molecule has 25 heavy (non-hydrogen) atoms. The Morgan fingerprint density at radius 1 is 1.08 bits per heavy atom. The molecule has 0 fully saturated rings. The van der Waals surface area contributed by atoms with Crippen LogP contribution in [0.5, 0.6) is 0 Å². The first-order valence-corrected chi connectivity index (χ1v) is 11.2. The van der Waals surface area contributed by atoms with Gasteiger partial charge >= 0.3 is 0 Å². The molecule has 1 aliphatic heterocycles. The van der Waals surface area contributed by atoms with Crippen LogP contribution in [0.2, 0.25) is 5.02 Å². The summed E-state index contributed by atoms with van der Waals surface area (Å²) in [5.74, 6) is -0.109. The first-order valence-electron chi connectivity index (χ1n) is 7.72. The lowest BCUT2D eigenvalue weighted by Crippen LogP contribution is -2.34. The number of sulfonamides is 1. The maximum Gasteiger partial charge on any atom is 0.241 e. The molecule has 1 N–H and O–H groups in total. The van der Waals surface area contributed by atoms with E-state index in [4.69, 9.17) is 11.6 Å². The second-order valence-corrected chi connectivity index (χ2v) is 10.4. The number of aryl methyl sites for hydroxylation is 2. The highest BCUT2D eigenvalue weighted by molar-refractivity contribution is 7.91. The molecule has 1 heterocycles. The van der Waals surface area contributed by atoms with Gasteiger partial charge in [-0.2, -0.15) is 0 Å². The van der Waals surface area contributed by atoms with E-state index in [2.05, 4.69) is 4.72 Å². The van der Waals surface area contributed by atoms with Crippen molar-refractivity contribution in [2.75, 3.05) is 5.75 Å². The minimum atomic E-state index is -3.78. The zero-order valence-corrected chi connectivity index (χ0v) is 16.2. The Bertz CT molecular complexity index is 1050. The molecule has 0 spiro atoms. The second-order valence-electron chi connectivity index (χ2n) is 6.21. The Labute approximate surface area is 153 Å². The number of halogens is 1. The quantitative estimate of drug-likeness (QED) is 0.859. The molecule has 0 bridgehead atoms. The van der Waals surface area contributed by atoms with E-state index in [1.54, 1.807) is 18.2 Å². The van der Waals surface area contributed by atoms with Gasteiger partial charge in [-0.3, -0.25) is 0 Å². The van der Waals surface area contributed by atoms with Crippen molar-refractivity contribution in [1.29, 1.82) is 0 Å². The molecular weight excluding hydrogens is 382 g/mol. The first-order chi connectivity index (χ1) is 11.6. The SMILES string of the molecule is Cc1ccc(S(=O)(=O)N[C@@H]2CCS(=O)(=O)c3ccc(Cl)cc32)cc1C. The maximum absolute atomic E-state index is 12.7. The van der Waals surface area contributed by atoms with Gasteiger partial charge in [0.15, 0.2) is 9.84 Å². The summed E-state index contributed by atoms with van der Waals surface area (Å²) in [6.45, 7) is 3.75. The Hall–Kier alpha value is -1.41. The van der Waals surface area contributed by atoms with Crippen LogP contribution in [0.1, 0.15) is 29.2 Å². The Morgan fingerprint density at radius 2 is 1.80 bits per heavy atom. The molecule has 1 atom stereocenters. The number of sulfone groups is 1. The van der Waals surface area contributed by atoms with Crippen molar-refractivity contribution in [3.8, 4) is 0 Å². The van der Waals surface area contributed by atoms with Crippen LogP contribution in [0.15, 0.2) is 46.2 Å². The van der Waals surface area contributed by atoms with Gasteiger partial charge in [0.1, 0.15) is 0 Å². The molecule has 0 amide bonds. The Kier molecular flexibility index (Phi) is 4.70. The number of hydrogen-bond acceptors (Lipinski definition) is 4. The molecule has 0 aromatic heterocycles. The highest BCUT2D eigenvalue weighted by atomic mass is 35.5. The zero-order valence-electron chi connectivity index (χ0n) is 13.8. The normalized spacial score (nSPS) is 19.4. The Morgan fingerprint density at radius 3 is 2.48 bits per heavy atom. The summed E-state index contributed by atoms with van der Waals surface area (Å²) in [4.78, 5) is 0.295. The van der Waals surface area contributed by atoms with Crippen molar-refractivity contribution in [1.82, 2.24) is 4.72 Å². The van der Waals surface area contributed by atoms with Gasteiger partial charge in [0.05, 0.1) is 15.5 Å². The molecule has 0 saturated heterocycles. The molecule has 0 radical (unpaired) electrons. The van der Waals surface area contributed by atoms with E-state index < -0.39 is 25.9 Å². The summed E-state index contributed by atoms with van der Waals surface area (Å²) < 4.78 is 52.5. The van der Waals surface area contributed by atoms with Gasteiger partial charge in [0.2, 0.25) is 10.0 Å². The molecule has 2 aromatic carbocycles. The van der Waals surface area contributed by atoms with E-state index >= 15 is 0 Å². The van der Waals surface area contributed by atoms with Crippen LogP contribution in [0, 0.1) is 13.8 Å². The molecular formula is C17H18ClNO4S2. The smallest absolute Gasteiger partial charge is 0.224 e. The third kappa shape index (κ3) is 3.60. The van der Waals surface area contributed by atoms with Crippen molar-refractivity contribution < 1.29 is 16.8 Å². The highest BCUT2D eigenvalue weighted by Crippen LogP contribution is 2.35. The van der Waals surface area contributed by atoms with Crippen LogP contribution in [-0.4, -0.2) is 22.6 Å². The standard InChI is InChI=1S/C17H18ClNO4S2/c1-11-3-5-14(9-12(11)2)25(22,23)19-16-7-8-24(20,21)17-6-4-13(18)10-15(16)17/h3-6,9-10,16,19H,7-8H2,1-2H3/t16-/m1/s1. The predicted octanol–water partition coefficient (Wildman–Crippen LogP) is 3.15. The lowest BCUT2D eigenvalue weighted by molar-refractivity contribution is 0.528. The predicted molar refractivity (Wildman–Crippen MR) is 97.1 cm³/mol. The van der Waals surface area contributed by atoms with E-state index in [0.717, 1.165) is 11.1 Å². The number of nitrogens with one attached hydrogen (secondary N) is 1. The lowest BCUT2D eigenvalue weighted by atomic mass is 10.1. The largest absolute Gasteiger partial charge is 0.241 e. The number of hydrogen-bond donors (Lipinski definition) is 1. The van der Waals surface area contributed by atoms with Gasteiger partial charge in [-0.1, -0.05) is 17.7 Å². The molecule has 2 aromatic rings.